The fourth-order valence-electron chi connectivity index (χ4n) is 4.60. The Morgan fingerprint density at radius 3 is 2.51 bits per heavy atom. The summed E-state index contributed by atoms with van der Waals surface area (Å²) in [6.07, 6.45) is 0. The number of amides is 1. The number of nitrogens with zero attached hydrogens (tertiary/aromatic N) is 7. The molecular formula is C28H29N9O2. The Morgan fingerprint density at radius 1 is 1.00 bits per heavy atom. The number of rotatable bonds is 7. The average molecular weight is 524 g/mol. The first kappa shape index (κ1) is 24.6. The van der Waals surface area contributed by atoms with Crippen LogP contribution in [0.3, 0.4) is 0 Å². The number of benzene rings is 2. The molecule has 0 bridgehead atoms. The number of carbonyl (C=O) groups is 1. The Morgan fingerprint density at radius 2 is 1.79 bits per heavy atom. The number of hydrogen-bond acceptors (Lipinski definition) is 8. The van der Waals surface area contributed by atoms with Crippen molar-refractivity contribution in [2.75, 3.05) is 50.6 Å². The lowest BCUT2D eigenvalue weighted by molar-refractivity contribution is 0.102. The Kier molecular flexibility index (Phi) is 6.64. The first-order chi connectivity index (χ1) is 19.1. The quantitative estimate of drug-likeness (QED) is 0.334. The number of aromatic amines is 1. The van der Waals surface area contributed by atoms with Gasteiger partial charge in [0.1, 0.15) is 11.4 Å². The van der Waals surface area contributed by atoms with Gasteiger partial charge in [-0.05, 0) is 49.0 Å². The number of carbonyl (C=O) groups excluding carboxylic acids is 1. The van der Waals surface area contributed by atoms with Crippen LogP contribution >= 0.6 is 0 Å². The molecule has 6 rings (SSSR count). The molecule has 2 N–H and O–H groups in total. The number of H-pyrrole nitrogens is 1. The van der Waals surface area contributed by atoms with Crippen molar-refractivity contribution in [3.63, 3.8) is 0 Å². The van der Waals surface area contributed by atoms with Gasteiger partial charge in [0.15, 0.2) is 23.2 Å². The molecule has 1 aliphatic rings. The van der Waals surface area contributed by atoms with Gasteiger partial charge in [0, 0.05) is 32.2 Å². The van der Waals surface area contributed by atoms with Gasteiger partial charge in [-0.25, -0.2) is 4.98 Å². The molecule has 4 heterocycles. The molecule has 1 fully saturated rings. The van der Waals surface area contributed by atoms with E-state index in [0.717, 1.165) is 60.0 Å². The summed E-state index contributed by atoms with van der Waals surface area (Å²) < 4.78 is 7.10. The molecule has 0 saturated carbocycles. The molecule has 2 aromatic carbocycles. The molecule has 0 unspecified atom stereocenters. The van der Waals surface area contributed by atoms with Gasteiger partial charge in [0.05, 0.1) is 24.7 Å². The summed E-state index contributed by atoms with van der Waals surface area (Å²) in [5.74, 6) is 2.24. The number of nitrogens with one attached hydrogen (secondary N) is 2. The van der Waals surface area contributed by atoms with Crippen molar-refractivity contribution < 1.29 is 9.53 Å². The van der Waals surface area contributed by atoms with Crippen LogP contribution in [0.5, 0.6) is 5.75 Å². The number of para-hydroxylation sites is 2. The van der Waals surface area contributed by atoms with Crippen LogP contribution in [-0.2, 0) is 6.54 Å². The number of fused-ring (bicyclic) bond motifs is 1. The smallest absolute Gasteiger partial charge is 0.277 e. The van der Waals surface area contributed by atoms with Gasteiger partial charge in [0.25, 0.3) is 5.91 Å². The highest BCUT2D eigenvalue weighted by molar-refractivity contribution is 6.02. The van der Waals surface area contributed by atoms with Crippen molar-refractivity contribution in [2.24, 2.45) is 0 Å². The van der Waals surface area contributed by atoms with Crippen molar-refractivity contribution in [1.82, 2.24) is 34.8 Å². The summed E-state index contributed by atoms with van der Waals surface area (Å²) in [6, 6.07) is 21.0. The van der Waals surface area contributed by atoms with Gasteiger partial charge in [0.2, 0.25) is 0 Å². The summed E-state index contributed by atoms with van der Waals surface area (Å²) in [5, 5.41) is 16.1. The van der Waals surface area contributed by atoms with Gasteiger partial charge in [-0.1, -0.05) is 24.3 Å². The van der Waals surface area contributed by atoms with E-state index in [4.69, 9.17) is 14.8 Å². The molecule has 1 saturated heterocycles. The topological polar surface area (TPSA) is 117 Å². The summed E-state index contributed by atoms with van der Waals surface area (Å²) in [6.45, 7) is 4.18. The number of imidazole rings is 1. The second-order valence-corrected chi connectivity index (χ2v) is 9.54. The Balaban J connectivity index is 1.25. The lowest BCUT2D eigenvalue weighted by Crippen LogP contribution is -2.44. The van der Waals surface area contributed by atoms with Crippen LogP contribution in [0, 0.1) is 0 Å². The van der Waals surface area contributed by atoms with Crippen LogP contribution in [-0.4, -0.2) is 81.1 Å². The molecule has 1 amide bonds. The van der Waals surface area contributed by atoms with Crippen LogP contribution in [0.15, 0.2) is 66.7 Å². The van der Waals surface area contributed by atoms with Crippen molar-refractivity contribution in [3.8, 4) is 17.3 Å². The Hall–Kier alpha value is -4.77. The predicted octanol–water partition coefficient (Wildman–Crippen LogP) is 3.28. The summed E-state index contributed by atoms with van der Waals surface area (Å²) in [4.78, 5) is 25.6. The molecule has 0 spiro atoms. The molecule has 0 aliphatic carbocycles. The van der Waals surface area contributed by atoms with E-state index in [1.165, 1.54) is 0 Å². The van der Waals surface area contributed by atoms with Crippen molar-refractivity contribution in [2.45, 2.75) is 6.54 Å². The highest BCUT2D eigenvalue weighted by atomic mass is 16.5. The fourth-order valence-corrected chi connectivity index (χ4v) is 4.60. The van der Waals surface area contributed by atoms with Crippen LogP contribution < -0.4 is 15.0 Å². The third-order valence-corrected chi connectivity index (χ3v) is 6.86. The normalized spacial score (nSPS) is 14.1. The minimum atomic E-state index is -0.377. The van der Waals surface area contributed by atoms with Crippen LogP contribution in [0.1, 0.15) is 16.1 Å². The number of hydrogen-bond donors (Lipinski definition) is 2. The zero-order chi connectivity index (χ0) is 26.8. The fraction of sp³-hybridized carbons (Fsp3) is 0.250. The Labute approximate surface area is 225 Å². The summed E-state index contributed by atoms with van der Waals surface area (Å²) in [7, 11) is 3.75. The van der Waals surface area contributed by atoms with Gasteiger partial charge in [-0.3, -0.25) is 9.48 Å². The van der Waals surface area contributed by atoms with Crippen LogP contribution in [0.2, 0.25) is 0 Å². The third-order valence-electron chi connectivity index (χ3n) is 6.86. The number of methoxy groups -OCH3 is 1. The van der Waals surface area contributed by atoms with Gasteiger partial charge < -0.3 is 24.8 Å². The molecular weight excluding hydrogens is 494 g/mol. The molecule has 3 aromatic heterocycles. The second kappa shape index (κ2) is 10.5. The van der Waals surface area contributed by atoms with Crippen molar-refractivity contribution in [3.05, 3.63) is 78.0 Å². The molecule has 1 aliphatic heterocycles. The van der Waals surface area contributed by atoms with E-state index in [2.05, 4.69) is 37.3 Å². The number of piperazine rings is 1. The SMILES string of the molecule is COc1ccc(Cn2nc(NC(=O)c3ccc(N4CCN(C)CC4)nn3)cc2-c2nc3ccccc3[nH]2)cc1. The molecule has 39 heavy (non-hydrogen) atoms. The monoisotopic (exact) mass is 523 g/mol. The van der Waals surface area contributed by atoms with Gasteiger partial charge in [-0.2, -0.15) is 5.10 Å². The number of ether oxygens (including phenoxy) is 1. The number of aromatic nitrogens is 6. The van der Waals surface area contributed by atoms with E-state index in [0.29, 0.717) is 18.2 Å². The Bertz CT molecular complexity index is 1550. The van der Waals surface area contributed by atoms with E-state index in [1.54, 1.807) is 13.2 Å². The molecule has 0 radical (unpaired) electrons. The highest BCUT2D eigenvalue weighted by Gasteiger charge is 2.19. The molecule has 198 valence electrons. The van der Waals surface area contributed by atoms with Gasteiger partial charge in [-0.15, -0.1) is 10.2 Å². The highest BCUT2D eigenvalue weighted by Crippen LogP contribution is 2.25. The maximum Gasteiger partial charge on any atom is 0.277 e. The van der Waals surface area contributed by atoms with Crippen molar-refractivity contribution >= 4 is 28.6 Å². The molecule has 0 atom stereocenters. The number of likely N-dealkylation sites (N-methyl/N-ethyl adjacent to an activating group) is 1. The minimum absolute atomic E-state index is 0.225. The van der Waals surface area contributed by atoms with E-state index >= 15 is 0 Å². The summed E-state index contributed by atoms with van der Waals surface area (Å²) in [5.41, 5.74) is 3.77. The molecule has 11 heteroatoms. The van der Waals surface area contributed by atoms with Gasteiger partial charge >= 0.3 is 0 Å². The average Bonchev–Trinajstić information content (AvgIpc) is 3.57. The minimum Gasteiger partial charge on any atom is -0.497 e. The van der Waals surface area contributed by atoms with E-state index in [-0.39, 0.29) is 11.6 Å². The van der Waals surface area contributed by atoms with Crippen LogP contribution in [0.25, 0.3) is 22.6 Å². The van der Waals surface area contributed by atoms with E-state index < -0.39 is 0 Å². The first-order valence-corrected chi connectivity index (χ1v) is 12.8. The molecule has 11 nitrogen and oxygen atoms in total. The summed E-state index contributed by atoms with van der Waals surface area (Å²) >= 11 is 0. The lowest BCUT2D eigenvalue weighted by Gasteiger charge is -2.32. The van der Waals surface area contributed by atoms with Crippen LogP contribution in [0.4, 0.5) is 11.6 Å². The maximum atomic E-state index is 13.1. The van der Waals surface area contributed by atoms with Crippen molar-refractivity contribution in [1.29, 1.82) is 0 Å². The first-order valence-electron chi connectivity index (χ1n) is 12.8. The predicted molar refractivity (Wildman–Crippen MR) is 149 cm³/mol. The van der Waals surface area contributed by atoms with E-state index in [9.17, 15) is 4.79 Å². The number of anilines is 2. The standard InChI is InChI=1S/C28H29N9O2/c1-35-13-15-36(16-14-35)26-12-11-23(32-33-26)28(38)31-25-17-24(27-29-21-5-3-4-6-22(21)30-27)37(34-25)18-19-7-9-20(39-2)10-8-19/h3-12,17H,13-16,18H2,1-2H3,(H,29,30)(H,31,34,38). The zero-order valence-electron chi connectivity index (χ0n) is 21.8. The lowest BCUT2D eigenvalue weighted by atomic mass is 10.2. The second-order valence-electron chi connectivity index (χ2n) is 9.54. The van der Waals surface area contributed by atoms with E-state index in [1.807, 2.05) is 65.3 Å². The third kappa shape index (κ3) is 5.30. The zero-order valence-corrected chi connectivity index (χ0v) is 21.8. The largest absolute Gasteiger partial charge is 0.497 e. The maximum absolute atomic E-state index is 13.1. The molecule has 5 aromatic rings.